The molecule has 0 aliphatic heterocycles. The van der Waals surface area contributed by atoms with Crippen LogP contribution >= 0.6 is 0 Å². The van der Waals surface area contributed by atoms with Gasteiger partial charge in [-0.25, -0.2) is 4.98 Å². The fraction of sp³-hybridized carbons (Fsp3) is 0.0476. The first-order chi connectivity index (χ1) is 16.3. The summed E-state index contributed by atoms with van der Waals surface area (Å²) in [5.74, 6) is 0. The van der Waals surface area contributed by atoms with Gasteiger partial charge in [-0.2, -0.15) is 0 Å². The second-order valence-electron chi connectivity index (χ2n) is 6.35. The normalized spacial score (nSPS) is 10.1. The molecule has 36 heavy (non-hydrogen) atoms. The van der Waals surface area contributed by atoms with Crippen molar-refractivity contribution in [2.75, 3.05) is 0 Å². The van der Waals surface area contributed by atoms with Gasteiger partial charge in [0.2, 0.25) is 0 Å². The zero-order valence-electron chi connectivity index (χ0n) is 18.4. The molecule has 4 nitrogen and oxygen atoms in total. The molecule has 4 rings (SSSR count). The summed E-state index contributed by atoms with van der Waals surface area (Å²) in [4.78, 5) is 17.0. The molecule has 0 amide bonds. The number of pyridine rings is 4. The van der Waals surface area contributed by atoms with Crippen molar-refractivity contribution in [2.45, 2.75) is 6.92 Å². The second-order valence-corrected chi connectivity index (χ2v) is 6.35. The average Bonchev–Trinajstić information content (AvgIpc) is 2.79. The molecule has 0 N–H and O–H groups in total. The fourth-order valence-electron chi connectivity index (χ4n) is 2.18. The first-order valence-electron chi connectivity index (χ1n) is 9.74. The van der Waals surface area contributed by atoms with E-state index in [0.29, 0.717) is 0 Å². The molecule has 0 bridgehead atoms. The molecule has 15 heteroatoms. The quantitative estimate of drug-likeness (QED) is 0.165. The maximum atomic E-state index is 9.75. The number of halogens is 8. The molecule has 0 unspecified atom stereocenters. The van der Waals surface area contributed by atoms with Crippen LogP contribution in [0.5, 0.6) is 0 Å². The Labute approximate surface area is 216 Å². The van der Waals surface area contributed by atoms with E-state index < -0.39 is 14.5 Å². The molecule has 0 radical (unpaired) electrons. The Morgan fingerprint density at radius 3 is 1.14 bits per heavy atom. The monoisotopic (exact) mass is 695 g/mol. The SMILES string of the molecule is Cc1ccncc1.F[B-](F)(F)F.F[B-](F)(F)F.[Pt+2].c1ccc(-c2cccc(-c3ccccn3)n2)nc1. The number of hydrogen-bond acceptors (Lipinski definition) is 4. The number of hydrogen-bond donors (Lipinski definition) is 0. The van der Waals surface area contributed by atoms with Gasteiger partial charge in [-0.15, -0.1) is 0 Å². The standard InChI is InChI=1S/C15H11N3.C6H7N.2BF4.Pt/c1-3-10-16-12(6-1)14-8-5-9-15(18-14)13-7-2-4-11-17-13;1-6-2-4-7-5-3-6;2*2-1(3,4)5;/h1-11H;2-5H,1H3;;;/q;;2*-1;+2. The van der Waals surface area contributed by atoms with E-state index in [4.69, 9.17) is 0 Å². The van der Waals surface area contributed by atoms with Gasteiger partial charge in [0, 0.05) is 24.8 Å². The second kappa shape index (κ2) is 16.5. The van der Waals surface area contributed by atoms with E-state index in [1.165, 1.54) is 5.56 Å². The number of rotatable bonds is 2. The summed E-state index contributed by atoms with van der Waals surface area (Å²) < 4.78 is 78.0. The van der Waals surface area contributed by atoms with E-state index >= 15 is 0 Å². The number of nitrogens with zero attached hydrogens (tertiary/aromatic N) is 4. The van der Waals surface area contributed by atoms with Crippen LogP contribution in [0, 0.1) is 6.92 Å². The van der Waals surface area contributed by atoms with Gasteiger partial charge in [-0.1, -0.05) is 18.2 Å². The van der Waals surface area contributed by atoms with Crippen LogP contribution in [0.3, 0.4) is 0 Å². The Balaban J connectivity index is 0.000000564. The molecule has 0 aromatic carbocycles. The van der Waals surface area contributed by atoms with E-state index in [1.54, 1.807) is 24.8 Å². The van der Waals surface area contributed by atoms with E-state index in [1.807, 2.05) is 73.7 Å². The molecule has 0 spiro atoms. The van der Waals surface area contributed by atoms with Crippen molar-refractivity contribution in [1.29, 1.82) is 0 Å². The molecule has 0 aliphatic carbocycles. The van der Waals surface area contributed by atoms with Crippen LogP contribution in [0.1, 0.15) is 5.56 Å². The van der Waals surface area contributed by atoms with Crippen LogP contribution in [0.15, 0.2) is 91.5 Å². The largest absolute Gasteiger partial charge is 2.00 e. The Morgan fingerprint density at radius 2 is 0.861 bits per heavy atom. The predicted molar refractivity (Wildman–Crippen MR) is 120 cm³/mol. The maximum absolute atomic E-state index is 9.75. The van der Waals surface area contributed by atoms with Crippen molar-refractivity contribution < 1.29 is 55.6 Å². The van der Waals surface area contributed by atoms with Crippen molar-refractivity contribution in [2.24, 2.45) is 0 Å². The third-order valence-electron chi connectivity index (χ3n) is 3.45. The first-order valence-corrected chi connectivity index (χ1v) is 9.74. The molecular weight excluding hydrogens is 677 g/mol. The minimum atomic E-state index is -6.00. The first kappa shape index (κ1) is 32.9. The van der Waals surface area contributed by atoms with Crippen molar-refractivity contribution in [3.63, 3.8) is 0 Å². The van der Waals surface area contributed by atoms with Gasteiger partial charge in [0.25, 0.3) is 0 Å². The van der Waals surface area contributed by atoms with Crippen LogP contribution in [0.25, 0.3) is 22.8 Å². The van der Waals surface area contributed by atoms with Crippen LogP contribution in [0.4, 0.5) is 34.5 Å². The molecule has 4 heterocycles. The zero-order chi connectivity index (χ0) is 26.3. The summed E-state index contributed by atoms with van der Waals surface area (Å²) in [6.07, 6.45) is 7.11. The van der Waals surface area contributed by atoms with Gasteiger partial charge in [-0.3, -0.25) is 15.0 Å². The van der Waals surface area contributed by atoms with Crippen LogP contribution in [-0.2, 0) is 21.1 Å². The molecule has 4 aromatic heterocycles. The summed E-state index contributed by atoms with van der Waals surface area (Å²) in [5.41, 5.74) is 4.72. The Morgan fingerprint density at radius 1 is 0.500 bits per heavy atom. The minimum absolute atomic E-state index is 0. The summed E-state index contributed by atoms with van der Waals surface area (Å²) >= 11 is 0. The summed E-state index contributed by atoms with van der Waals surface area (Å²) in [6.45, 7) is 2.04. The predicted octanol–water partition coefficient (Wildman–Crippen LogP) is 7.19. The smallest absolute Gasteiger partial charge is 0.418 e. The average molecular weight is 695 g/mol. The summed E-state index contributed by atoms with van der Waals surface area (Å²) in [5, 5.41) is 0. The summed E-state index contributed by atoms with van der Waals surface area (Å²) in [6, 6.07) is 21.4. The maximum Gasteiger partial charge on any atom is 2.00 e. The third kappa shape index (κ3) is 18.2. The van der Waals surface area contributed by atoms with Crippen molar-refractivity contribution in [3.05, 3.63) is 97.1 Å². The fourth-order valence-corrected chi connectivity index (χ4v) is 2.18. The Kier molecular flexibility index (Phi) is 15.1. The van der Waals surface area contributed by atoms with Gasteiger partial charge >= 0.3 is 35.6 Å². The van der Waals surface area contributed by atoms with Crippen LogP contribution in [-0.4, -0.2) is 34.4 Å². The molecule has 0 saturated carbocycles. The van der Waals surface area contributed by atoms with Crippen molar-refractivity contribution in [3.8, 4) is 22.8 Å². The van der Waals surface area contributed by atoms with Gasteiger partial charge in [0.05, 0.1) is 22.8 Å². The molecule has 0 saturated heterocycles. The Bertz CT molecular complexity index is 1030. The third-order valence-corrected chi connectivity index (χ3v) is 3.45. The van der Waals surface area contributed by atoms with E-state index in [-0.39, 0.29) is 21.1 Å². The van der Waals surface area contributed by atoms with Gasteiger partial charge in [0.15, 0.2) is 0 Å². The van der Waals surface area contributed by atoms with Crippen LogP contribution < -0.4 is 0 Å². The molecule has 0 aliphatic rings. The van der Waals surface area contributed by atoms with Crippen LogP contribution in [0.2, 0.25) is 0 Å². The molecule has 194 valence electrons. The van der Waals surface area contributed by atoms with Gasteiger partial charge in [0.1, 0.15) is 0 Å². The van der Waals surface area contributed by atoms with E-state index in [0.717, 1.165) is 22.8 Å². The molecule has 0 fully saturated rings. The topological polar surface area (TPSA) is 51.6 Å². The van der Waals surface area contributed by atoms with E-state index in [9.17, 15) is 34.5 Å². The zero-order valence-corrected chi connectivity index (χ0v) is 20.7. The molecule has 4 aromatic rings. The Hall–Kier alpha value is -3.14. The molecule has 0 atom stereocenters. The van der Waals surface area contributed by atoms with Gasteiger partial charge in [-0.05, 0) is 61.0 Å². The van der Waals surface area contributed by atoms with Crippen molar-refractivity contribution in [1.82, 2.24) is 19.9 Å². The van der Waals surface area contributed by atoms with Gasteiger partial charge < -0.3 is 34.5 Å². The number of aryl methyl sites for hydroxylation is 1. The molecular formula is C21H18B2F8N4Pt. The minimum Gasteiger partial charge on any atom is -0.418 e. The number of aromatic nitrogens is 4. The van der Waals surface area contributed by atoms with Crippen molar-refractivity contribution >= 4 is 14.5 Å². The van der Waals surface area contributed by atoms with E-state index in [2.05, 4.69) is 19.9 Å². The summed E-state index contributed by atoms with van der Waals surface area (Å²) in [7, 11) is -12.0.